The van der Waals surface area contributed by atoms with E-state index in [-0.39, 0.29) is 17.5 Å². The molecule has 3 heteroatoms. The molecule has 1 aromatic rings. The summed E-state index contributed by atoms with van der Waals surface area (Å²) in [4.78, 5) is 14.6. The van der Waals surface area contributed by atoms with E-state index in [0.29, 0.717) is 12.5 Å². The fourth-order valence-electron chi connectivity index (χ4n) is 2.96. The van der Waals surface area contributed by atoms with E-state index >= 15 is 0 Å². The molecule has 0 N–H and O–H groups in total. The van der Waals surface area contributed by atoms with Gasteiger partial charge in [-0.3, -0.25) is 4.79 Å². The highest BCUT2D eigenvalue weighted by Gasteiger charge is 2.29. The average Bonchev–Trinajstić information content (AvgIpc) is 2.91. The Hall–Kier alpha value is -1.38. The third-order valence-electron chi connectivity index (χ3n) is 3.94. The predicted octanol–water partition coefficient (Wildman–Crippen LogP) is 4.17. The lowest BCUT2D eigenvalue weighted by Crippen LogP contribution is -2.41. The normalized spacial score (nSPS) is 15.8. The van der Waals surface area contributed by atoms with E-state index in [1.54, 1.807) is 12.1 Å². The molecule has 0 aromatic heterocycles. The summed E-state index contributed by atoms with van der Waals surface area (Å²) in [5.74, 6) is -0.161. The molecule has 0 heterocycles. The lowest BCUT2D eigenvalue weighted by atomic mass is 10.1. The van der Waals surface area contributed by atoms with Gasteiger partial charge in [0.15, 0.2) is 0 Å². The van der Waals surface area contributed by atoms with Crippen LogP contribution in [0.5, 0.6) is 0 Å². The highest BCUT2D eigenvalue weighted by Crippen LogP contribution is 2.26. The topological polar surface area (TPSA) is 20.3 Å². The van der Waals surface area contributed by atoms with Crippen molar-refractivity contribution < 1.29 is 9.18 Å². The SMILES string of the molecule is Cc1ccc(F)c(C(=O)N(CC(C)C)C2CCCC2)c1. The van der Waals surface area contributed by atoms with Crippen LogP contribution >= 0.6 is 0 Å². The number of hydrogen-bond donors (Lipinski definition) is 0. The summed E-state index contributed by atoms with van der Waals surface area (Å²) in [6, 6.07) is 5.05. The molecule has 0 saturated heterocycles. The van der Waals surface area contributed by atoms with Crippen molar-refractivity contribution in [1.29, 1.82) is 0 Å². The highest BCUT2D eigenvalue weighted by molar-refractivity contribution is 5.95. The number of aryl methyl sites for hydroxylation is 1. The third-order valence-corrected chi connectivity index (χ3v) is 3.94. The van der Waals surface area contributed by atoms with Crippen LogP contribution in [0.1, 0.15) is 55.5 Å². The first kappa shape index (κ1) is 15.0. The van der Waals surface area contributed by atoms with Gasteiger partial charge in [-0.05, 0) is 37.8 Å². The minimum atomic E-state index is -0.410. The van der Waals surface area contributed by atoms with Crippen LogP contribution in [-0.4, -0.2) is 23.4 Å². The van der Waals surface area contributed by atoms with Gasteiger partial charge in [0.1, 0.15) is 5.82 Å². The largest absolute Gasteiger partial charge is 0.335 e. The molecule has 110 valence electrons. The van der Waals surface area contributed by atoms with Gasteiger partial charge < -0.3 is 4.90 Å². The van der Waals surface area contributed by atoms with Crippen LogP contribution in [0.15, 0.2) is 18.2 Å². The zero-order valence-electron chi connectivity index (χ0n) is 12.7. The molecule has 1 amide bonds. The molecule has 0 radical (unpaired) electrons. The molecular weight excluding hydrogens is 253 g/mol. The summed E-state index contributed by atoms with van der Waals surface area (Å²) in [5.41, 5.74) is 1.14. The Morgan fingerprint density at radius 3 is 2.60 bits per heavy atom. The molecule has 0 aliphatic heterocycles. The summed E-state index contributed by atoms with van der Waals surface area (Å²) in [7, 11) is 0. The molecule has 20 heavy (non-hydrogen) atoms. The van der Waals surface area contributed by atoms with E-state index < -0.39 is 5.82 Å². The van der Waals surface area contributed by atoms with Crippen molar-refractivity contribution in [3.8, 4) is 0 Å². The van der Waals surface area contributed by atoms with Crippen LogP contribution in [0.4, 0.5) is 4.39 Å². The first-order chi connectivity index (χ1) is 9.49. The standard InChI is InChI=1S/C17H24FNO/c1-12(2)11-19(14-6-4-5-7-14)17(20)15-10-13(3)8-9-16(15)18/h8-10,12,14H,4-7,11H2,1-3H3. The Morgan fingerprint density at radius 2 is 2.00 bits per heavy atom. The first-order valence-electron chi connectivity index (χ1n) is 7.56. The van der Waals surface area contributed by atoms with E-state index in [2.05, 4.69) is 13.8 Å². The van der Waals surface area contributed by atoms with Crippen molar-refractivity contribution in [2.45, 2.75) is 52.5 Å². The zero-order valence-corrected chi connectivity index (χ0v) is 12.7. The van der Waals surface area contributed by atoms with E-state index in [1.807, 2.05) is 11.8 Å². The maximum Gasteiger partial charge on any atom is 0.257 e. The molecule has 1 fully saturated rings. The van der Waals surface area contributed by atoms with Gasteiger partial charge in [0.2, 0.25) is 0 Å². The lowest BCUT2D eigenvalue weighted by molar-refractivity contribution is 0.0650. The number of nitrogens with zero attached hydrogens (tertiary/aromatic N) is 1. The molecule has 1 aliphatic carbocycles. The summed E-state index contributed by atoms with van der Waals surface area (Å²) in [6.45, 7) is 6.79. The van der Waals surface area contributed by atoms with Gasteiger partial charge >= 0.3 is 0 Å². The summed E-state index contributed by atoms with van der Waals surface area (Å²) < 4.78 is 14.0. The molecular formula is C17H24FNO. The van der Waals surface area contributed by atoms with Gasteiger partial charge in [0.05, 0.1) is 5.56 Å². The van der Waals surface area contributed by atoms with Crippen LogP contribution in [0.2, 0.25) is 0 Å². The molecule has 0 spiro atoms. The second-order valence-electron chi connectivity index (χ2n) is 6.27. The van der Waals surface area contributed by atoms with E-state index in [4.69, 9.17) is 0 Å². The van der Waals surface area contributed by atoms with Crippen molar-refractivity contribution in [3.63, 3.8) is 0 Å². The van der Waals surface area contributed by atoms with E-state index in [0.717, 1.165) is 18.4 Å². The number of benzene rings is 1. The molecule has 0 atom stereocenters. The molecule has 1 aliphatic rings. The lowest BCUT2D eigenvalue weighted by Gasteiger charge is -2.31. The van der Waals surface area contributed by atoms with Crippen molar-refractivity contribution in [2.75, 3.05) is 6.54 Å². The second-order valence-corrected chi connectivity index (χ2v) is 6.27. The first-order valence-corrected chi connectivity index (χ1v) is 7.56. The zero-order chi connectivity index (χ0) is 14.7. The van der Waals surface area contributed by atoms with Crippen molar-refractivity contribution in [1.82, 2.24) is 4.90 Å². The molecule has 0 bridgehead atoms. The number of halogens is 1. The van der Waals surface area contributed by atoms with Crippen LogP contribution in [0.25, 0.3) is 0 Å². The smallest absolute Gasteiger partial charge is 0.257 e. The minimum Gasteiger partial charge on any atom is -0.335 e. The Kier molecular flexibility index (Phi) is 4.79. The summed E-state index contributed by atoms with van der Waals surface area (Å²) in [5, 5.41) is 0. The summed E-state index contributed by atoms with van der Waals surface area (Å²) >= 11 is 0. The molecule has 2 rings (SSSR count). The molecule has 0 unspecified atom stereocenters. The fraction of sp³-hybridized carbons (Fsp3) is 0.588. The minimum absolute atomic E-state index is 0.146. The summed E-state index contributed by atoms with van der Waals surface area (Å²) in [6.07, 6.45) is 4.43. The number of carbonyl (C=O) groups excluding carboxylic acids is 1. The van der Waals surface area contributed by atoms with Crippen LogP contribution < -0.4 is 0 Å². The van der Waals surface area contributed by atoms with Gasteiger partial charge in [-0.15, -0.1) is 0 Å². The fourth-order valence-corrected chi connectivity index (χ4v) is 2.96. The van der Waals surface area contributed by atoms with Gasteiger partial charge in [0, 0.05) is 12.6 Å². The Bertz CT molecular complexity index is 478. The maximum absolute atomic E-state index is 14.0. The second kappa shape index (κ2) is 6.38. The maximum atomic E-state index is 14.0. The van der Waals surface area contributed by atoms with Crippen molar-refractivity contribution in [3.05, 3.63) is 35.1 Å². The van der Waals surface area contributed by atoms with Crippen LogP contribution in [0, 0.1) is 18.7 Å². The predicted molar refractivity (Wildman–Crippen MR) is 79.3 cm³/mol. The number of amides is 1. The monoisotopic (exact) mass is 277 g/mol. The van der Waals surface area contributed by atoms with Gasteiger partial charge in [-0.2, -0.15) is 0 Å². The van der Waals surface area contributed by atoms with Crippen molar-refractivity contribution >= 4 is 5.91 Å². The molecule has 1 aromatic carbocycles. The van der Waals surface area contributed by atoms with Gasteiger partial charge in [-0.1, -0.05) is 38.3 Å². The van der Waals surface area contributed by atoms with E-state index in [1.165, 1.54) is 18.9 Å². The Labute approximate surface area is 121 Å². The Balaban J connectivity index is 2.27. The quantitative estimate of drug-likeness (QED) is 0.808. The van der Waals surface area contributed by atoms with Crippen molar-refractivity contribution in [2.24, 2.45) is 5.92 Å². The van der Waals surface area contributed by atoms with Gasteiger partial charge in [-0.25, -0.2) is 4.39 Å². The van der Waals surface area contributed by atoms with Crippen LogP contribution in [-0.2, 0) is 0 Å². The molecule has 1 saturated carbocycles. The molecule has 2 nitrogen and oxygen atoms in total. The Morgan fingerprint density at radius 1 is 1.35 bits per heavy atom. The third kappa shape index (κ3) is 3.38. The van der Waals surface area contributed by atoms with E-state index in [9.17, 15) is 9.18 Å². The van der Waals surface area contributed by atoms with Gasteiger partial charge in [0.25, 0.3) is 5.91 Å². The highest BCUT2D eigenvalue weighted by atomic mass is 19.1. The number of carbonyl (C=O) groups is 1. The number of hydrogen-bond acceptors (Lipinski definition) is 1. The van der Waals surface area contributed by atoms with Crippen LogP contribution in [0.3, 0.4) is 0 Å². The average molecular weight is 277 g/mol. The number of rotatable bonds is 4.